The standard InChI is InChI=1S/C20H22N2O5/c1-15(23)22-17-9-7-16(8-10-17)13-20(25)27-14-19(24)21-11-12-26-18-5-3-2-4-6-18/h2-10H,11-14H2,1H3,(H,21,24)(H,22,23). The Morgan fingerprint density at radius 3 is 2.33 bits per heavy atom. The van der Waals surface area contributed by atoms with Crippen LogP contribution >= 0.6 is 0 Å². The van der Waals surface area contributed by atoms with Gasteiger partial charge in [-0.2, -0.15) is 0 Å². The molecule has 0 aliphatic heterocycles. The highest BCUT2D eigenvalue weighted by Gasteiger charge is 2.08. The first-order chi connectivity index (χ1) is 13.0. The maximum Gasteiger partial charge on any atom is 0.310 e. The number of hydrogen-bond donors (Lipinski definition) is 2. The van der Waals surface area contributed by atoms with E-state index in [1.165, 1.54) is 6.92 Å². The third kappa shape index (κ3) is 8.04. The second kappa shape index (κ2) is 10.6. The number of rotatable bonds is 9. The number of carbonyl (C=O) groups excluding carboxylic acids is 3. The van der Waals surface area contributed by atoms with Crippen molar-refractivity contribution in [3.05, 3.63) is 60.2 Å². The van der Waals surface area contributed by atoms with E-state index in [0.717, 1.165) is 11.3 Å². The largest absolute Gasteiger partial charge is 0.492 e. The smallest absolute Gasteiger partial charge is 0.310 e. The van der Waals surface area contributed by atoms with Gasteiger partial charge in [-0.15, -0.1) is 0 Å². The lowest BCUT2D eigenvalue weighted by Gasteiger charge is -2.08. The van der Waals surface area contributed by atoms with Crippen molar-refractivity contribution < 1.29 is 23.9 Å². The predicted octanol–water partition coefficient (Wildman–Crippen LogP) is 1.93. The number of para-hydroxylation sites is 1. The maximum atomic E-state index is 11.8. The number of amides is 2. The van der Waals surface area contributed by atoms with Crippen LogP contribution in [-0.2, 0) is 25.5 Å². The number of hydrogen-bond acceptors (Lipinski definition) is 5. The van der Waals surface area contributed by atoms with Gasteiger partial charge in [-0.3, -0.25) is 14.4 Å². The third-order valence-electron chi connectivity index (χ3n) is 3.42. The molecule has 0 heterocycles. The van der Waals surface area contributed by atoms with E-state index in [0.29, 0.717) is 18.8 Å². The van der Waals surface area contributed by atoms with Crippen molar-refractivity contribution >= 4 is 23.5 Å². The van der Waals surface area contributed by atoms with E-state index in [1.807, 2.05) is 30.3 Å². The summed E-state index contributed by atoms with van der Waals surface area (Å²) < 4.78 is 10.4. The first-order valence-electron chi connectivity index (χ1n) is 8.49. The maximum absolute atomic E-state index is 11.8. The zero-order chi connectivity index (χ0) is 19.5. The fourth-order valence-electron chi connectivity index (χ4n) is 2.20. The summed E-state index contributed by atoms with van der Waals surface area (Å²) in [7, 11) is 0. The lowest BCUT2D eigenvalue weighted by Crippen LogP contribution is -2.32. The van der Waals surface area contributed by atoms with Gasteiger partial charge in [0.15, 0.2) is 6.61 Å². The van der Waals surface area contributed by atoms with Crippen LogP contribution in [0.1, 0.15) is 12.5 Å². The lowest BCUT2D eigenvalue weighted by molar-refractivity contribution is -0.147. The number of benzene rings is 2. The van der Waals surface area contributed by atoms with Gasteiger partial charge in [0.1, 0.15) is 12.4 Å². The summed E-state index contributed by atoms with van der Waals surface area (Å²) in [5.74, 6) is -0.330. The van der Waals surface area contributed by atoms with E-state index in [2.05, 4.69) is 10.6 Å². The number of ether oxygens (including phenoxy) is 2. The van der Waals surface area contributed by atoms with Crippen LogP contribution in [0, 0.1) is 0 Å². The average molecular weight is 370 g/mol. The van der Waals surface area contributed by atoms with Crippen LogP contribution in [0.5, 0.6) is 5.75 Å². The zero-order valence-corrected chi connectivity index (χ0v) is 15.1. The molecule has 7 nitrogen and oxygen atoms in total. The summed E-state index contributed by atoms with van der Waals surface area (Å²) in [6.07, 6.45) is 0.0464. The Bertz CT molecular complexity index is 760. The minimum atomic E-state index is -0.502. The van der Waals surface area contributed by atoms with Gasteiger partial charge in [0.25, 0.3) is 5.91 Å². The van der Waals surface area contributed by atoms with Crippen molar-refractivity contribution in [3.8, 4) is 5.75 Å². The quantitative estimate of drug-likeness (QED) is 0.520. The Labute approximate surface area is 157 Å². The molecule has 0 atom stereocenters. The Hall–Kier alpha value is -3.35. The summed E-state index contributed by atoms with van der Waals surface area (Å²) >= 11 is 0. The molecule has 7 heteroatoms. The van der Waals surface area contributed by atoms with Crippen molar-refractivity contribution in [2.75, 3.05) is 25.1 Å². The molecule has 0 aromatic heterocycles. The summed E-state index contributed by atoms with van der Waals surface area (Å²) in [4.78, 5) is 34.4. The van der Waals surface area contributed by atoms with Crippen LogP contribution in [0.2, 0.25) is 0 Å². The first kappa shape index (κ1) is 20.0. The molecule has 2 aromatic rings. The Morgan fingerprint density at radius 1 is 0.963 bits per heavy atom. The highest BCUT2D eigenvalue weighted by atomic mass is 16.5. The van der Waals surface area contributed by atoms with Crippen LogP contribution in [0.3, 0.4) is 0 Å². The van der Waals surface area contributed by atoms with Gasteiger partial charge < -0.3 is 20.1 Å². The van der Waals surface area contributed by atoms with E-state index in [9.17, 15) is 14.4 Å². The Morgan fingerprint density at radius 2 is 1.67 bits per heavy atom. The van der Waals surface area contributed by atoms with Gasteiger partial charge in [0.05, 0.1) is 13.0 Å². The number of nitrogens with one attached hydrogen (secondary N) is 2. The van der Waals surface area contributed by atoms with Gasteiger partial charge >= 0.3 is 5.97 Å². The minimum Gasteiger partial charge on any atom is -0.492 e. The van der Waals surface area contributed by atoms with Gasteiger partial charge in [0.2, 0.25) is 5.91 Å². The monoisotopic (exact) mass is 370 g/mol. The fraction of sp³-hybridized carbons (Fsp3) is 0.250. The summed E-state index contributed by atoms with van der Waals surface area (Å²) in [6, 6.07) is 16.1. The SMILES string of the molecule is CC(=O)Nc1ccc(CC(=O)OCC(=O)NCCOc2ccccc2)cc1. The lowest BCUT2D eigenvalue weighted by atomic mass is 10.1. The molecule has 0 saturated carbocycles. The minimum absolute atomic E-state index is 0.0464. The van der Waals surface area contributed by atoms with Crippen molar-refractivity contribution in [2.45, 2.75) is 13.3 Å². The molecule has 0 aliphatic rings. The highest BCUT2D eigenvalue weighted by molar-refractivity contribution is 5.88. The molecular formula is C20H22N2O5. The molecule has 0 fully saturated rings. The van der Waals surface area contributed by atoms with Crippen LogP contribution in [0.4, 0.5) is 5.69 Å². The third-order valence-corrected chi connectivity index (χ3v) is 3.42. The van der Waals surface area contributed by atoms with Gasteiger partial charge in [-0.1, -0.05) is 30.3 Å². The molecule has 0 unspecified atom stereocenters. The van der Waals surface area contributed by atoms with Crippen molar-refractivity contribution in [2.24, 2.45) is 0 Å². The molecule has 2 rings (SSSR count). The molecule has 0 aliphatic carbocycles. The summed E-state index contributed by atoms with van der Waals surface area (Å²) in [5, 5.41) is 5.26. The normalized spacial score (nSPS) is 9.96. The Balaban J connectivity index is 1.61. The number of anilines is 1. The van der Waals surface area contributed by atoms with E-state index < -0.39 is 5.97 Å². The fourth-order valence-corrected chi connectivity index (χ4v) is 2.20. The van der Waals surface area contributed by atoms with Crippen LogP contribution in [-0.4, -0.2) is 37.5 Å². The van der Waals surface area contributed by atoms with Crippen LogP contribution in [0.15, 0.2) is 54.6 Å². The molecule has 2 N–H and O–H groups in total. The molecule has 2 amide bonds. The van der Waals surface area contributed by atoms with E-state index >= 15 is 0 Å². The Kier molecular flexibility index (Phi) is 7.84. The number of carbonyl (C=O) groups is 3. The molecule has 27 heavy (non-hydrogen) atoms. The summed E-state index contributed by atoms with van der Waals surface area (Å²) in [5.41, 5.74) is 1.38. The average Bonchev–Trinajstić information content (AvgIpc) is 2.65. The van der Waals surface area contributed by atoms with Crippen LogP contribution < -0.4 is 15.4 Å². The molecule has 0 saturated heterocycles. The summed E-state index contributed by atoms with van der Waals surface area (Å²) in [6.45, 7) is 1.72. The first-order valence-corrected chi connectivity index (χ1v) is 8.49. The van der Waals surface area contributed by atoms with E-state index in [-0.39, 0.29) is 24.8 Å². The van der Waals surface area contributed by atoms with Gasteiger partial charge in [-0.05, 0) is 29.8 Å². The van der Waals surface area contributed by atoms with E-state index in [4.69, 9.17) is 9.47 Å². The molecule has 2 aromatic carbocycles. The number of esters is 1. The van der Waals surface area contributed by atoms with Crippen molar-refractivity contribution in [1.82, 2.24) is 5.32 Å². The molecule has 0 bridgehead atoms. The molecule has 0 radical (unpaired) electrons. The van der Waals surface area contributed by atoms with Crippen molar-refractivity contribution in [3.63, 3.8) is 0 Å². The molecule has 0 spiro atoms. The highest BCUT2D eigenvalue weighted by Crippen LogP contribution is 2.10. The zero-order valence-electron chi connectivity index (χ0n) is 15.1. The van der Waals surface area contributed by atoms with E-state index in [1.54, 1.807) is 24.3 Å². The topological polar surface area (TPSA) is 93.7 Å². The second-order valence-corrected chi connectivity index (χ2v) is 5.73. The second-order valence-electron chi connectivity index (χ2n) is 5.73. The van der Waals surface area contributed by atoms with Gasteiger partial charge in [0, 0.05) is 12.6 Å². The van der Waals surface area contributed by atoms with Crippen molar-refractivity contribution in [1.29, 1.82) is 0 Å². The molecule has 142 valence electrons. The molecular weight excluding hydrogens is 348 g/mol. The predicted molar refractivity (Wildman–Crippen MR) is 100 cm³/mol. The van der Waals surface area contributed by atoms with Crippen LogP contribution in [0.25, 0.3) is 0 Å². The van der Waals surface area contributed by atoms with Gasteiger partial charge in [-0.25, -0.2) is 0 Å².